The number of carbonyl (C=O) groups excluding carboxylic acids is 2. The fraction of sp³-hybridized carbons (Fsp3) is 0.0800. The van der Waals surface area contributed by atoms with Crippen LogP contribution in [0.5, 0.6) is 0 Å². The maximum atomic E-state index is 12.9. The largest absolute Gasteiger partial charge is 0.441 e. The smallest absolute Gasteiger partial charge is 0.224 e. The molecule has 0 saturated heterocycles. The topological polar surface area (TPSA) is 72.2 Å². The van der Waals surface area contributed by atoms with Gasteiger partial charge < -0.3 is 9.73 Å². The number of nitrogens with one attached hydrogen (secondary N) is 1. The van der Waals surface area contributed by atoms with E-state index in [1.807, 2.05) is 30.3 Å². The summed E-state index contributed by atoms with van der Waals surface area (Å²) in [5, 5.41) is 3.23. The van der Waals surface area contributed by atoms with Gasteiger partial charge in [0.15, 0.2) is 17.4 Å². The number of aryl methyl sites for hydroxylation is 1. The van der Waals surface area contributed by atoms with E-state index in [9.17, 15) is 9.59 Å². The van der Waals surface area contributed by atoms with Gasteiger partial charge in [-0.25, -0.2) is 4.98 Å². The highest BCUT2D eigenvalue weighted by atomic mass is 79.9. The van der Waals surface area contributed by atoms with Gasteiger partial charge in [-0.3, -0.25) is 9.59 Å². The molecule has 0 bridgehead atoms. The van der Waals surface area contributed by atoms with Crippen molar-refractivity contribution in [2.24, 2.45) is 0 Å². The quantitative estimate of drug-likeness (QED) is 0.286. The van der Waals surface area contributed by atoms with Gasteiger partial charge in [-0.05, 0) is 30.3 Å². The molecule has 32 heavy (non-hydrogen) atoms. The van der Waals surface area contributed by atoms with Crippen molar-refractivity contribution in [2.75, 3.05) is 5.32 Å². The van der Waals surface area contributed by atoms with Crippen molar-refractivity contribution in [3.8, 4) is 11.3 Å². The number of ketones is 1. The zero-order valence-corrected chi connectivity index (χ0v) is 19.2. The molecule has 0 saturated carbocycles. The third-order valence-electron chi connectivity index (χ3n) is 4.78. The fourth-order valence-corrected chi connectivity index (χ4v) is 3.60. The molecule has 0 unspecified atom stereocenters. The van der Waals surface area contributed by atoms with E-state index >= 15 is 0 Å². The molecular weight excluding hydrogens is 492 g/mol. The van der Waals surface area contributed by atoms with E-state index in [0.29, 0.717) is 39.9 Å². The zero-order chi connectivity index (χ0) is 22.5. The Morgan fingerprint density at radius 2 is 1.75 bits per heavy atom. The lowest BCUT2D eigenvalue weighted by atomic mass is 10.0. The Morgan fingerprint density at radius 3 is 2.50 bits per heavy atom. The summed E-state index contributed by atoms with van der Waals surface area (Å²) in [4.78, 5) is 29.7. The maximum Gasteiger partial charge on any atom is 0.224 e. The Labute approximate surface area is 198 Å². The highest BCUT2D eigenvalue weighted by Gasteiger charge is 2.16. The molecule has 0 atom stereocenters. The molecule has 1 N–H and O–H groups in total. The summed E-state index contributed by atoms with van der Waals surface area (Å²) in [6.07, 6.45) is 2.13. The molecule has 0 aliphatic carbocycles. The molecule has 1 aromatic heterocycles. The molecular formula is C25H18BrClN2O3. The molecule has 3 aromatic carbocycles. The maximum absolute atomic E-state index is 12.9. The highest BCUT2D eigenvalue weighted by molar-refractivity contribution is 9.10. The number of oxazole rings is 1. The van der Waals surface area contributed by atoms with Gasteiger partial charge in [0.25, 0.3) is 0 Å². The van der Waals surface area contributed by atoms with Crippen LogP contribution >= 0.6 is 27.5 Å². The zero-order valence-electron chi connectivity index (χ0n) is 16.8. The van der Waals surface area contributed by atoms with Crippen molar-refractivity contribution >= 4 is 44.9 Å². The van der Waals surface area contributed by atoms with Crippen LogP contribution in [0.15, 0.2) is 87.9 Å². The van der Waals surface area contributed by atoms with Gasteiger partial charge in [-0.1, -0.05) is 70.0 Å². The van der Waals surface area contributed by atoms with E-state index in [1.54, 1.807) is 48.7 Å². The highest BCUT2D eigenvalue weighted by Crippen LogP contribution is 2.25. The van der Waals surface area contributed by atoms with Crippen LogP contribution in [-0.2, 0) is 11.2 Å². The van der Waals surface area contributed by atoms with Crippen molar-refractivity contribution in [3.63, 3.8) is 0 Å². The summed E-state index contributed by atoms with van der Waals surface area (Å²) in [7, 11) is 0. The van der Waals surface area contributed by atoms with Gasteiger partial charge in [0.1, 0.15) is 0 Å². The van der Waals surface area contributed by atoms with Crippen molar-refractivity contribution in [3.05, 3.63) is 106 Å². The van der Waals surface area contributed by atoms with Gasteiger partial charge in [0.05, 0.1) is 11.9 Å². The Balaban J connectivity index is 1.43. The average molecular weight is 510 g/mol. The number of carbonyl (C=O) groups is 2. The molecule has 5 nitrogen and oxygen atoms in total. The van der Waals surface area contributed by atoms with Crippen LogP contribution in [0, 0.1) is 0 Å². The first-order chi connectivity index (χ1) is 15.5. The first kappa shape index (κ1) is 22.0. The number of amides is 1. The summed E-state index contributed by atoms with van der Waals surface area (Å²) in [5.74, 6) is 0.643. The Bertz CT molecular complexity index is 1250. The normalized spacial score (nSPS) is 10.7. The number of nitrogens with zero attached hydrogens (tertiary/aromatic N) is 1. The predicted molar refractivity (Wildman–Crippen MR) is 128 cm³/mol. The lowest BCUT2D eigenvalue weighted by Crippen LogP contribution is -2.15. The van der Waals surface area contributed by atoms with E-state index in [4.69, 9.17) is 16.0 Å². The van der Waals surface area contributed by atoms with Crippen LogP contribution < -0.4 is 5.32 Å². The van der Waals surface area contributed by atoms with Crippen LogP contribution in [0.2, 0.25) is 5.02 Å². The summed E-state index contributed by atoms with van der Waals surface area (Å²) in [6, 6.07) is 21.4. The van der Waals surface area contributed by atoms with E-state index in [0.717, 1.165) is 10.0 Å². The summed E-state index contributed by atoms with van der Waals surface area (Å²) < 4.78 is 6.74. The molecule has 4 aromatic rings. The SMILES string of the molecule is O=C(CCc1ncc(-c2ccc(Br)cc2)o1)Nc1ccc(Cl)cc1C(=O)c1ccccc1. The third-order valence-corrected chi connectivity index (χ3v) is 5.55. The van der Waals surface area contributed by atoms with E-state index in [2.05, 4.69) is 26.2 Å². The second-order valence-corrected chi connectivity index (χ2v) is 8.41. The molecule has 4 rings (SSSR count). The fourth-order valence-electron chi connectivity index (χ4n) is 3.16. The molecule has 0 aliphatic heterocycles. The Morgan fingerprint density at radius 1 is 1.00 bits per heavy atom. The molecule has 0 radical (unpaired) electrons. The number of hydrogen-bond donors (Lipinski definition) is 1. The van der Waals surface area contributed by atoms with Crippen LogP contribution in [0.1, 0.15) is 28.2 Å². The lowest BCUT2D eigenvalue weighted by Gasteiger charge is -2.11. The molecule has 0 spiro atoms. The molecule has 0 fully saturated rings. The number of halogens is 2. The average Bonchev–Trinajstić information content (AvgIpc) is 3.28. The van der Waals surface area contributed by atoms with Crippen molar-refractivity contribution in [2.45, 2.75) is 12.8 Å². The molecule has 1 heterocycles. The van der Waals surface area contributed by atoms with Crippen LogP contribution in [0.25, 0.3) is 11.3 Å². The van der Waals surface area contributed by atoms with E-state index in [1.165, 1.54) is 0 Å². The van der Waals surface area contributed by atoms with Gasteiger partial charge in [-0.2, -0.15) is 0 Å². The molecule has 0 aliphatic rings. The van der Waals surface area contributed by atoms with Crippen LogP contribution in [0.3, 0.4) is 0 Å². The van der Waals surface area contributed by atoms with Gasteiger partial charge in [-0.15, -0.1) is 0 Å². The number of rotatable bonds is 7. The number of anilines is 1. The third kappa shape index (κ3) is 5.33. The summed E-state index contributed by atoms with van der Waals surface area (Å²) in [5.41, 5.74) is 2.18. The van der Waals surface area contributed by atoms with Crippen molar-refractivity contribution in [1.29, 1.82) is 0 Å². The summed E-state index contributed by atoms with van der Waals surface area (Å²) in [6.45, 7) is 0. The second kappa shape index (κ2) is 9.94. The molecule has 160 valence electrons. The van der Waals surface area contributed by atoms with E-state index in [-0.39, 0.29) is 18.1 Å². The molecule has 1 amide bonds. The summed E-state index contributed by atoms with van der Waals surface area (Å²) >= 11 is 9.50. The van der Waals surface area contributed by atoms with Crippen molar-refractivity contribution in [1.82, 2.24) is 4.98 Å². The van der Waals surface area contributed by atoms with E-state index < -0.39 is 0 Å². The van der Waals surface area contributed by atoms with Gasteiger partial charge >= 0.3 is 0 Å². The van der Waals surface area contributed by atoms with Gasteiger partial charge in [0.2, 0.25) is 5.91 Å². The standard InChI is InChI=1S/C25H18BrClN2O3/c26-18-8-6-16(7-9-18)22-15-28-24(32-22)13-12-23(30)29-21-11-10-19(27)14-20(21)25(31)17-4-2-1-3-5-17/h1-11,14-15H,12-13H2,(H,29,30). The van der Waals surface area contributed by atoms with Gasteiger partial charge in [0, 0.05) is 39.0 Å². The monoisotopic (exact) mass is 508 g/mol. The first-order valence-corrected chi connectivity index (χ1v) is 11.1. The number of aromatic nitrogens is 1. The Hall–Kier alpha value is -3.22. The van der Waals surface area contributed by atoms with Crippen LogP contribution in [0.4, 0.5) is 5.69 Å². The Kier molecular flexibility index (Phi) is 6.83. The minimum Gasteiger partial charge on any atom is -0.441 e. The first-order valence-electron chi connectivity index (χ1n) is 9.89. The minimum atomic E-state index is -0.252. The van der Waals surface area contributed by atoms with Crippen LogP contribution in [-0.4, -0.2) is 16.7 Å². The number of hydrogen-bond acceptors (Lipinski definition) is 4. The lowest BCUT2D eigenvalue weighted by molar-refractivity contribution is -0.116. The number of benzene rings is 3. The second-order valence-electron chi connectivity index (χ2n) is 7.06. The van der Waals surface area contributed by atoms with Crippen molar-refractivity contribution < 1.29 is 14.0 Å². The minimum absolute atomic E-state index is 0.155. The predicted octanol–water partition coefficient (Wildman–Crippen LogP) is 6.56. The molecule has 7 heteroatoms.